The van der Waals surface area contributed by atoms with E-state index in [1.165, 1.54) is 31.3 Å². The number of nitrogens with zero attached hydrogens (tertiary/aromatic N) is 2. The van der Waals surface area contributed by atoms with E-state index in [0.717, 1.165) is 17.4 Å². The van der Waals surface area contributed by atoms with Crippen molar-refractivity contribution in [3.63, 3.8) is 0 Å². The Labute approximate surface area is 119 Å². The van der Waals surface area contributed by atoms with Gasteiger partial charge in [0.1, 0.15) is 0 Å². The van der Waals surface area contributed by atoms with Crippen LogP contribution in [0.2, 0.25) is 0 Å². The zero-order valence-corrected chi connectivity index (χ0v) is 12.0. The van der Waals surface area contributed by atoms with Crippen LogP contribution in [0, 0.1) is 11.8 Å². The van der Waals surface area contributed by atoms with E-state index in [4.69, 9.17) is 4.42 Å². The van der Waals surface area contributed by atoms with E-state index in [2.05, 4.69) is 41.5 Å². The van der Waals surface area contributed by atoms with Crippen molar-refractivity contribution in [3.05, 3.63) is 30.7 Å². The Morgan fingerprint density at radius 3 is 2.55 bits per heavy atom. The zero-order valence-electron chi connectivity index (χ0n) is 12.0. The highest BCUT2D eigenvalue weighted by Crippen LogP contribution is 2.31. The predicted octanol–water partition coefficient (Wildman–Crippen LogP) is 3.97. The Morgan fingerprint density at radius 1 is 1.10 bits per heavy atom. The molecular formula is C16H21N3O. The second-order valence-corrected chi connectivity index (χ2v) is 5.93. The van der Waals surface area contributed by atoms with Gasteiger partial charge in [0.25, 0.3) is 0 Å². The number of benzene rings is 1. The second-order valence-electron chi connectivity index (χ2n) is 5.93. The molecule has 1 aliphatic rings. The summed E-state index contributed by atoms with van der Waals surface area (Å²) in [6.07, 6.45) is 5.19. The molecule has 1 heterocycles. The van der Waals surface area contributed by atoms with E-state index >= 15 is 0 Å². The van der Waals surface area contributed by atoms with Gasteiger partial charge in [0.05, 0.1) is 0 Å². The van der Waals surface area contributed by atoms with Crippen LogP contribution in [-0.4, -0.2) is 16.2 Å². The summed E-state index contributed by atoms with van der Waals surface area (Å²) in [6.45, 7) is 4.72. The number of aromatic nitrogens is 2. The van der Waals surface area contributed by atoms with Gasteiger partial charge in [0.15, 0.2) is 0 Å². The van der Waals surface area contributed by atoms with Crippen molar-refractivity contribution < 1.29 is 4.42 Å². The van der Waals surface area contributed by atoms with Crippen LogP contribution < -0.4 is 5.32 Å². The lowest BCUT2D eigenvalue weighted by Crippen LogP contribution is -2.30. The molecule has 0 amide bonds. The molecule has 3 atom stereocenters. The summed E-state index contributed by atoms with van der Waals surface area (Å²) < 4.78 is 5.19. The Kier molecular flexibility index (Phi) is 3.72. The smallest absolute Gasteiger partial charge is 0.247 e. The van der Waals surface area contributed by atoms with Crippen LogP contribution in [0.1, 0.15) is 33.1 Å². The fraction of sp³-hybridized carbons (Fsp3) is 0.500. The van der Waals surface area contributed by atoms with Crippen LogP contribution in [0.15, 0.2) is 35.1 Å². The van der Waals surface area contributed by atoms with Crippen LogP contribution >= 0.6 is 0 Å². The molecule has 106 valence electrons. The molecule has 0 spiro atoms. The largest absolute Gasteiger partial charge is 0.423 e. The topological polar surface area (TPSA) is 51.0 Å². The van der Waals surface area contributed by atoms with Crippen molar-refractivity contribution in [2.24, 2.45) is 11.8 Å². The average Bonchev–Trinajstić information content (AvgIpc) is 2.98. The first-order valence-electron chi connectivity index (χ1n) is 7.35. The summed E-state index contributed by atoms with van der Waals surface area (Å²) in [5, 5.41) is 11.2. The number of anilines is 1. The number of hydrogen-bond donors (Lipinski definition) is 1. The van der Waals surface area contributed by atoms with E-state index < -0.39 is 0 Å². The van der Waals surface area contributed by atoms with Crippen molar-refractivity contribution in [2.75, 3.05) is 5.32 Å². The van der Waals surface area contributed by atoms with Crippen molar-refractivity contribution >= 4 is 5.69 Å². The van der Waals surface area contributed by atoms with Crippen LogP contribution in [0.25, 0.3) is 11.5 Å². The minimum absolute atomic E-state index is 0.566. The average molecular weight is 271 g/mol. The van der Waals surface area contributed by atoms with Gasteiger partial charge in [-0.1, -0.05) is 13.8 Å². The normalized spacial score (nSPS) is 26.4. The molecular weight excluding hydrogens is 250 g/mol. The molecule has 1 fully saturated rings. The maximum Gasteiger partial charge on any atom is 0.247 e. The van der Waals surface area contributed by atoms with Crippen molar-refractivity contribution in [2.45, 2.75) is 39.2 Å². The lowest BCUT2D eigenvalue weighted by Gasteiger charge is -2.33. The van der Waals surface area contributed by atoms with E-state index in [0.29, 0.717) is 11.9 Å². The molecule has 20 heavy (non-hydrogen) atoms. The third-order valence-electron chi connectivity index (χ3n) is 4.46. The highest BCUT2D eigenvalue weighted by atomic mass is 16.4. The van der Waals surface area contributed by atoms with E-state index in [1.54, 1.807) is 0 Å². The van der Waals surface area contributed by atoms with E-state index in [-0.39, 0.29) is 0 Å². The number of nitrogens with one attached hydrogen (secondary N) is 1. The van der Waals surface area contributed by atoms with Crippen molar-refractivity contribution in [3.8, 4) is 11.5 Å². The highest BCUT2D eigenvalue weighted by molar-refractivity contribution is 5.58. The van der Waals surface area contributed by atoms with E-state index in [9.17, 15) is 0 Å². The monoisotopic (exact) mass is 271 g/mol. The van der Waals surface area contributed by atoms with Gasteiger partial charge in [0, 0.05) is 17.3 Å². The fourth-order valence-corrected chi connectivity index (χ4v) is 2.92. The molecule has 0 radical (unpaired) electrons. The SMILES string of the molecule is CC1CCC(Nc2ccc(-c3nnco3)cc2)CC1C. The Bertz CT molecular complexity index is 535. The maximum atomic E-state index is 5.19. The number of rotatable bonds is 3. The van der Waals surface area contributed by atoms with Gasteiger partial charge in [-0.15, -0.1) is 10.2 Å². The Balaban J connectivity index is 1.64. The van der Waals surface area contributed by atoms with Crippen LogP contribution in [0.5, 0.6) is 0 Å². The van der Waals surface area contributed by atoms with Gasteiger partial charge in [0.2, 0.25) is 12.3 Å². The molecule has 1 N–H and O–H groups in total. The van der Waals surface area contributed by atoms with Gasteiger partial charge in [-0.2, -0.15) is 0 Å². The molecule has 1 aliphatic carbocycles. The first kappa shape index (κ1) is 13.2. The molecule has 2 aromatic rings. The molecule has 4 nitrogen and oxygen atoms in total. The third kappa shape index (κ3) is 2.84. The van der Waals surface area contributed by atoms with Gasteiger partial charge in [-0.3, -0.25) is 0 Å². The molecule has 3 unspecified atom stereocenters. The maximum absolute atomic E-state index is 5.19. The van der Waals surface area contributed by atoms with Gasteiger partial charge in [-0.25, -0.2) is 0 Å². The van der Waals surface area contributed by atoms with Crippen molar-refractivity contribution in [1.29, 1.82) is 0 Å². The van der Waals surface area contributed by atoms with E-state index in [1.807, 2.05) is 12.1 Å². The highest BCUT2D eigenvalue weighted by Gasteiger charge is 2.24. The summed E-state index contributed by atoms with van der Waals surface area (Å²) in [5.74, 6) is 2.23. The minimum atomic E-state index is 0.566. The molecule has 1 aromatic carbocycles. The molecule has 0 bridgehead atoms. The molecule has 3 rings (SSSR count). The van der Waals surface area contributed by atoms with Crippen LogP contribution in [0.4, 0.5) is 5.69 Å². The fourth-order valence-electron chi connectivity index (χ4n) is 2.92. The third-order valence-corrected chi connectivity index (χ3v) is 4.46. The Morgan fingerprint density at radius 2 is 1.90 bits per heavy atom. The molecule has 0 aliphatic heterocycles. The molecule has 0 saturated heterocycles. The summed E-state index contributed by atoms with van der Waals surface area (Å²) in [5.41, 5.74) is 2.12. The number of hydrogen-bond acceptors (Lipinski definition) is 4. The lowest BCUT2D eigenvalue weighted by atomic mass is 9.79. The van der Waals surface area contributed by atoms with Crippen molar-refractivity contribution in [1.82, 2.24) is 10.2 Å². The summed E-state index contributed by atoms with van der Waals surface area (Å²) in [6, 6.07) is 8.80. The molecule has 4 heteroatoms. The predicted molar refractivity (Wildman–Crippen MR) is 79.3 cm³/mol. The summed E-state index contributed by atoms with van der Waals surface area (Å²) >= 11 is 0. The second kappa shape index (κ2) is 5.65. The summed E-state index contributed by atoms with van der Waals surface area (Å²) in [7, 11) is 0. The summed E-state index contributed by atoms with van der Waals surface area (Å²) in [4.78, 5) is 0. The van der Waals surface area contributed by atoms with Gasteiger partial charge in [-0.05, 0) is 55.4 Å². The van der Waals surface area contributed by atoms with Crippen LogP contribution in [0.3, 0.4) is 0 Å². The first-order valence-corrected chi connectivity index (χ1v) is 7.35. The van der Waals surface area contributed by atoms with Gasteiger partial charge < -0.3 is 9.73 Å². The standard InChI is InChI=1S/C16H21N3O/c1-11-3-6-15(9-12(11)2)18-14-7-4-13(5-8-14)16-19-17-10-20-16/h4-5,7-8,10-12,15,18H,3,6,9H2,1-2H3. The minimum Gasteiger partial charge on any atom is -0.423 e. The molecule has 1 saturated carbocycles. The van der Waals surface area contributed by atoms with Gasteiger partial charge >= 0.3 is 0 Å². The quantitative estimate of drug-likeness (QED) is 0.917. The first-order chi connectivity index (χ1) is 9.72. The van der Waals surface area contributed by atoms with Crippen LogP contribution in [-0.2, 0) is 0 Å². The lowest BCUT2D eigenvalue weighted by molar-refractivity contribution is 0.261. The molecule has 1 aromatic heterocycles. The zero-order chi connectivity index (χ0) is 13.9. The Hall–Kier alpha value is -1.84.